The minimum absolute atomic E-state index is 0.0250. The molecule has 1 aromatic carbocycles. The Kier molecular flexibility index (Phi) is 7.03. The van der Waals surface area contributed by atoms with Gasteiger partial charge in [0, 0.05) is 30.6 Å². The highest BCUT2D eigenvalue weighted by Gasteiger charge is 2.34. The fourth-order valence-electron chi connectivity index (χ4n) is 3.93. The molecule has 0 aromatic heterocycles. The van der Waals surface area contributed by atoms with E-state index in [0.29, 0.717) is 31.5 Å². The fourth-order valence-corrected chi connectivity index (χ4v) is 5.17. The van der Waals surface area contributed by atoms with E-state index in [0.717, 1.165) is 6.42 Å². The lowest BCUT2D eigenvalue weighted by Gasteiger charge is -2.34. The van der Waals surface area contributed by atoms with Crippen LogP contribution in [0.4, 0.5) is 0 Å². The number of piperidine rings is 1. The minimum atomic E-state index is -3.66. The number of benzene rings is 1. The number of amides is 2. The van der Waals surface area contributed by atoms with Gasteiger partial charge in [0.2, 0.25) is 11.8 Å². The van der Waals surface area contributed by atoms with Crippen molar-refractivity contribution >= 4 is 27.7 Å². The average molecular weight is 449 g/mol. The second-order valence-electron chi connectivity index (χ2n) is 8.67. The Morgan fingerprint density at radius 1 is 1.19 bits per heavy atom. The average Bonchev–Trinajstić information content (AvgIpc) is 3.01. The zero-order chi connectivity index (χ0) is 22.8. The zero-order valence-corrected chi connectivity index (χ0v) is 19.4. The van der Waals surface area contributed by atoms with E-state index in [1.807, 2.05) is 32.6 Å². The number of carbonyl (C=O) groups is 2. The van der Waals surface area contributed by atoms with Crippen LogP contribution in [-0.4, -0.2) is 56.1 Å². The first-order valence-corrected chi connectivity index (χ1v) is 12.4. The van der Waals surface area contributed by atoms with Gasteiger partial charge in [-0.25, -0.2) is 8.42 Å². The van der Waals surface area contributed by atoms with Crippen molar-refractivity contribution in [2.75, 3.05) is 13.1 Å². The van der Waals surface area contributed by atoms with Crippen molar-refractivity contribution in [1.29, 1.82) is 0 Å². The number of fused-ring (bicyclic) bond motifs is 1. The monoisotopic (exact) mass is 448 g/mol. The number of nitrogens with one attached hydrogen (secondary N) is 2. The standard InChI is InChI=1S/C22H32N4O4S/c1-5-15(4)19(24-20-17-8-6-7-9-18(17)31(29,30)25-20)21(27)23-16-10-12-26(13-11-16)22(28)14(2)3/h6-9,14-16,19H,5,10-13H2,1-4H3,(H,23,27)(H,24,25)/t15-,19-/m0/s1. The molecule has 0 bridgehead atoms. The van der Waals surface area contributed by atoms with Gasteiger partial charge in [-0.2, -0.15) is 0 Å². The van der Waals surface area contributed by atoms with E-state index in [-0.39, 0.29) is 40.4 Å². The van der Waals surface area contributed by atoms with Gasteiger partial charge < -0.3 is 10.2 Å². The van der Waals surface area contributed by atoms with Crippen molar-refractivity contribution in [3.05, 3.63) is 29.8 Å². The molecule has 2 aliphatic heterocycles. The molecule has 1 saturated heterocycles. The predicted molar refractivity (Wildman–Crippen MR) is 119 cm³/mol. The topological polar surface area (TPSA) is 108 Å². The number of likely N-dealkylation sites (tertiary alicyclic amines) is 1. The van der Waals surface area contributed by atoms with Crippen molar-refractivity contribution in [1.82, 2.24) is 14.9 Å². The van der Waals surface area contributed by atoms with Crippen LogP contribution in [0.15, 0.2) is 34.2 Å². The molecular weight excluding hydrogens is 416 g/mol. The molecule has 2 N–H and O–H groups in total. The third kappa shape index (κ3) is 5.08. The van der Waals surface area contributed by atoms with Gasteiger partial charge in [0.1, 0.15) is 11.9 Å². The van der Waals surface area contributed by atoms with Gasteiger partial charge in [0.25, 0.3) is 10.0 Å². The summed E-state index contributed by atoms with van der Waals surface area (Å²) in [6.45, 7) is 8.94. The van der Waals surface area contributed by atoms with E-state index >= 15 is 0 Å². The molecule has 0 saturated carbocycles. The normalized spacial score (nSPS) is 21.5. The third-order valence-electron chi connectivity index (χ3n) is 6.03. The smallest absolute Gasteiger partial charge is 0.263 e. The molecular formula is C22H32N4O4S. The lowest BCUT2D eigenvalue weighted by atomic mass is 9.97. The highest BCUT2D eigenvalue weighted by Crippen LogP contribution is 2.24. The summed E-state index contributed by atoms with van der Waals surface area (Å²) in [7, 11) is -3.66. The van der Waals surface area contributed by atoms with Crippen molar-refractivity contribution < 1.29 is 18.0 Å². The van der Waals surface area contributed by atoms with Crippen LogP contribution in [0.5, 0.6) is 0 Å². The molecule has 9 heteroatoms. The number of aliphatic imine (C=N–C) groups is 1. The van der Waals surface area contributed by atoms with Crippen molar-refractivity contribution in [3.8, 4) is 0 Å². The first-order chi connectivity index (χ1) is 14.6. The number of carbonyl (C=O) groups excluding carboxylic acids is 2. The number of rotatable bonds is 6. The van der Waals surface area contributed by atoms with E-state index in [1.54, 1.807) is 18.2 Å². The number of sulfonamides is 1. The van der Waals surface area contributed by atoms with Crippen LogP contribution >= 0.6 is 0 Å². The molecule has 0 unspecified atom stereocenters. The summed E-state index contributed by atoms with van der Waals surface area (Å²) in [6, 6.07) is 5.91. The Balaban J connectivity index is 1.73. The maximum atomic E-state index is 13.1. The van der Waals surface area contributed by atoms with E-state index in [1.165, 1.54) is 6.07 Å². The Labute approximate surface area is 184 Å². The van der Waals surface area contributed by atoms with Gasteiger partial charge in [0.15, 0.2) is 0 Å². The zero-order valence-electron chi connectivity index (χ0n) is 18.6. The highest BCUT2D eigenvalue weighted by atomic mass is 32.2. The Hall–Kier alpha value is -2.42. The van der Waals surface area contributed by atoms with Gasteiger partial charge in [-0.15, -0.1) is 0 Å². The van der Waals surface area contributed by atoms with Crippen LogP contribution in [0, 0.1) is 11.8 Å². The van der Waals surface area contributed by atoms with Crippen LogP contribution in [0.1, 0.15) is 52.5 Å². The molecule has 0 radical (unpaired) electrons. The van der Waals surface area contributed by atoms with Gasteiger partial charge in [-0.05, 0) is 30.9 Å². The largest absolute Gasteiger partial charge is 0.351 e. The van der Waals surface area contributed by atoms with Crippen LogP contribution in [0.2, 0.25) is 0 Å². The summed E-state index contributed by atoms with van der Waals surface area (Å²) in [5.74, 6) is 0.0514. The summed E-state index contributed by atoms with van der Waals surface area (Å²) in [5.41, 5.74) is 0.490. The molecule has 1 fully saturated rings. The van der Waals surface area contributed by atoms with Crippen LogP contribution < -0.4 is 10.0 Å². The van der Waals surface area contributed by atoms with E-state index in [2.05, 4.69) is 15.0 Å². The number of hydrogen-bond acceptors (Lipinski definition) is 5. The predicted octanol–water partition coefficient (Wildman–Crippen LogP) is 1.90. The van der Waals surface area contributed by atoms with Crippen molar-refractivity contribution in [2.45, 2.75) is 63.9 Å². The van der Waals surface area contributed by atoms with Crippen LogP contribution in [-0.2, 0) is 19.6 Å². The third-order valence-corrected chi connectivity index (χ3v) is 7.43. The molecule has 8 nitrogen and oxygen atoms in total. The van der Waals surface area contributed by atoms with Crippen molar-refractivity contribution in [2.24, 2.45) is 16.8 Å². The molecule has 2 heterocycles. The summed E-state index contributed by atoms with van der Waals surface area (Å²) in [4.78, 5) is 31.9. The van der Waals surface area contributed by atoms with Gasteiger partial charge in [-0.3, -0.25) is 19.3 Å². The fraction of sp³-hybridized carbons (Fsp3) is 0.591. The lowest BCUT2D eigenvalue weighted by Crippen LogP contribution is -2.50. The molecule has 170 valence electrons. The lowest BCUT2D eigenvalue weighted by molar-refractivity contribution is -0.135. The first kappa shape index (κ1) is 23.2. The van der Waals surface area contributed by atoms with Crippen molar-refractivity contribution in [3.63, 3.8) is 0 Å². The first-order valence-electron chi connectivity index (χ1n) is 10.9. The van der Waals surface area contributed by atoms with E-state index in [9.17, 15) is 18.0 Å². The summed E-state index contributed by atoms with van der Waals surface area (Å²) >= 11 is 0. The van der Waals surface area contributed by atoms with Gasteiger partial charge in [0.05, 0.1) is 4.90 Å². The van der Waals surface area contributed by atoms with Gasteiger partial charge in [-0.1, -0.05) is 46.2 Å². The van der Waals surface area contributed by atoms with E-state index < -0.39 is 16.1 Å². The molecule has 2 aliphatic rings. The molecule has 0 aliphatic carbocycles. The molecule has 2 amide bonds. The van der Waals surface area contributed by atoms with Crippen LogP contribution in [0.3, 0.4) is 0 Å². The second-order valence-corrected chi connectivity index (χ2v) is 10.3. The minimum Gasteiger partial charge on any atom is -0.351 e. The Bertz CT molecular complexity index is 965. The molecule has 31 heavy (non-hydrogen) atoms. The number of nitrogens with zero attached hydrogens (tertiary/aromatic N) is 2. The van der Waals surface area contributed by atoms with Crippen LogP contribution in [0.25, 0.3) is 0 Å². The Morgan fingerprint density at radius 2 is 1.84 bits per heavy atom. The maximum Gasteiger partial charge on any atom is 0.263 e. The Morgan fingerprint density at radius 3 is 2.45 bits per heavy atom. The maximum absolute atomic E-state index is 13.1. The number of amidine groups is 1. The summed E-state index contributed by atoms with van der Waals surface area (Å²) < 4.78 is 27.3. The molecule has 2 atom stereocenters. The molecule has 3 rings (SSSR count). The summed E-state index contributed by atoms with van der Waals surface area (Å²) in [5, 5.41) is 3.08. The number of hydrogen-bond donors (Lipinski definition) is 2. The quantitative estimate of drug-likeness (QED) is 0.693. The van der Waals surface area contributed by atoms with E-state index in [4.69, 9.17) is 0 Å². The second kappa shape index (κ2) is 9.38. The SMILES string of the molecule is CC[C@H](C)[C@H](N=C1NS(=O)(=O)c2ccccc21)C(=O)NC1CCN(C(=O)C(C)C)CC1. The van der Waals surface area contributed by atoms with Gasteiger partial charge >= 0.3 is 0 Å². The summed E-state index contributed by atoms with van der Waals surface area (Å²) in [6.07, 6.45) is 2.12. The molecule has 0 spiro atoms. The highest BCUT2D eigenvalue weighted by molar-refractivity contribution is 7.90. The molecule has 1 aromatic rings.